The predicted molar refractivity (Wildman–Crippen MR) is 145 cm³/mol. The largest absolute Gasteiger partial charge is 0.467 e. The zero-order valence-electron chi connectivity index (χ0n) is 22.0. The van der Waals surface area contributed by atoms with E-state index in [1.54, 1.807) is 36.4 Å². The van der Waals surface area contributed by atoms with E-state index in [4.69, 9.17) is 10.5 Å². The number of carbonyl (C=O) groups is 4. The van der Waals surface area contributed by atoms with Gasteiger partial charge in [-0.1, -0.05) is 24.3 Å². The first kappa shape index (κ1) is 29.0. The first-order valence-electron chi connectivity index (χ1n) is 13.0. The van der Waals surface area contributed by atoms with E-state index in [1.165, 1.54) is 22.5 Å². The first-order valence-corrected chi connectivity index (χ1v) is 14.4. The van der Waals surface area contributed by atoms with Crippen molar-refractivity contribution in [2.45, 2.75) is 48.7 Å². The van der Waals surface area contributed by atoms with Crippen LogP contribution in [0.5, 0.6) is 0 Å². The summed E-state index contributed by atoms with van der Waals surface area (Å²) in [5, 5.41) is 7.55. The molecule has 0 spiro atoms. The van der Waals surface area contributed by atoms with E-state index in [-0.39, 0.29) is 35.5 Å². The van der Waals surface area contributed by atoms with Gasteiger partial charge in [-0.05, 0) is 61.9 Å². The van der Waals surface area contributed by atoms with Crippen molar-refractivity contribution >= 4 is 39.4 Å². The van der Waals surface area contributed by atoms with Gasteiger partial charge >= 0.3 is 5.97 Å². The number of rotatable bonds is 10. The number of ether oxygens (including phenoxy) is 1. The van der Waals surface area contributed by atoms with Crippen LogP contribution in [0.15, 0.2) is 59.5 Å². The number of hydrogen-bond donors (Lipinski definition) is 4. The van der Waals surface area contributed by atoms with Crippen molar-refractivity contribution in [3.8, 4) is 0 Å². The Morgan fingerprint density at radius 1 is 1.00 bits per heavy atom. The summed E-state index contributed by atoms with van der Waals surface area (Å²) >= 11 is 0. The zero-order chi connectivity index (χ0) is 28.9. The number of nitrogen functional groups attached to an aromatic ring is 1. The second kappa shape index (κ2) is 12.5. The van der Waals surface area contributed by atoms with Gasteiger partial charge in [0.1, 0.15) is 12.1 Å². The molecule has 0 aromatic heterocycles. The van der Waals surface area contributed by atoms with Crippen molar-refractivity contribution in [3.63, 3.8) is 0 Å². The number of anilines is 1. The third-order valence-corrected chi connectivity index (χ3v) is 9.22. The van der Waals surface area contributed by atoms with Crippen LogP contribution in [-0.4, -0.2) is 74.7 Å². The van der Waals surface area contributed by atoms with Crippen molar-refractivity contribution in [1.82, 2.24) is 20.3 Å². The van der Waals surface area contributed by atoms with E-state index in [0.717, 1.165) is 7.11 Å². The van der Waals surface area contributed by atoms with Crippen LogP contribution >= 0.6 is 0 Å². The Morgan fingerprint density at radius 2 is 1.70 bits per heavy atom. The number of methoxy groups -OCH3 is 1. The summed E-state index contributed by atoms with van der Waals surface area (Å²) in [5.41, 5.74) is 6.36. The molecule has 2 bridgehead atoms. The Bertz CT molecular complexity index is 1360. The molecule has 3 aliphatic rings. The Labute approximate surface area is 232 Å². The predicted octanol–water partition coefficient (Wildman–Crippen LogP) is 0.405. The van der Waals surface area contributed by atoms with E-state index in [0.29, 0.717) is 31.4 Å². The standard InChI is InChI=1S/C27H33N5O7S/c1-39-27(36)22(15-29-23(33)16-30-25(34)18-6-5-7-19(28)14-18)31-26(35)24-17-10-12-20(13-11-17)32(24)40(37,38)21-8-3-2-4-9-21/h2-9,14,17,20,22,24H,10-13,15-16,28H2,1H3,(H,29,33)(H,30,34)(H,31,35). The summed E-state index contributed by atoms with van der Waals surface area (Å²) in [4.78, 5) is 50.8. The molecular formula is C27H33N5O7S. The number of nitrogens with two attached hydrogens (primary N) is 1. The van der Waals surface area contributed by atoms with Crippen LogP contribution in [-0.2, 0) is 29.1 Å². The molecule has 0 radical (unpaired) electrons. The van der Waals surface area contributed by atoms with Crippen molar-refractivity contribution in [3.05, 3.63) is 60.2 Å². The highest BCUT2D eigenvalue weighted by molar-refractivity contribution is 7.89. The fraction of sp³-hybridized carbons (Fsp3) is 0.407. The molecule has 1 saturated carbocycles. The molecule has 3 amide bonds. The van der Waals surface area contributed by atoms with Gasteiger partial charge in [-0.15, -0.1) is 0 Å². The number of amides is 3. The third-order valence-electron chi connectivity index (χ3n) is 7.27. The average molecular weight is 572 g/mol. The molecule has 2 heterocycles. The van der Waals surface area contributed by atoms with E-state index in [1.807, 2.05) is 0 Å². The number of sulfonamides is 1. The highest BCUT2D eigenvalue weighted by atomic mass is 32.2. The van der Waals surface area contributed by atoms with Gasteiger partial charge < -0.3 is 26.4 Å². The molecule has 2 aromatic rings. The molecule has 13 heteroatoms. The highest BCUT2D eigenvalue weighted by Gasteiger charge is 2.51. The maximum atomic E-state index is 13.6. The smallest absolute Gasteiger partial charge is 0.330 e. The monoisotopic (exact) mass is 571 g/mol. The summed E-state index contributed by atoms with van der Waals surface area (Å²) in [7, 11) is -2.83. The van der Waals surface area contributed by atoms with E-state index in [2.05, 4.69) is 16.0 Å². The van der Waals surface area contributed by atoms with Gasteiger partial charge in [0.05, 0.1) is 18.6 Å². The van der Waals surface area contributed by atoms with Gasteiger partial charge in [-0.25, -0.2) is 13.2 Å². The van der Waals surface area contributed by atoms with E-state index in [9.17, 15) is 27.6 Å². The minimum atomic E-state index is -3.98. The van der Waals surface area contributed by atoms with Gasteiger partial charge in [-0.3, -0.25) is 14.4 Å². The maximum Gasteiger partial charge on any atom is 0.330 e. The van der Waals surface area contributed by atoms with Crippen LogP contribution in [0.1, 0.15) is 36.0 Å². The maximum absolute atomic E-state index is 13.6. The van der Waals surface area contributed by atoms with Crippen LogP contribution in [0.25, 0.3) is 0 Å². The minimum Gasteiger partial charge on any atom is -0.467 e. The van der Waals surface area contributed by atoms with Crippen molar-refractivity contribution < 1.29 is 32.3 Å². The zero-order valence-corrected chi connectivity index (χ0v) is 22.9. The molecule has 5 N–H and O–H groups in total. The van der Waals surface area contributed by atoms with Crippen LogP contribution in [0.3, 0.4) is 0 Å². The highest BCUT2D eigenvalue weighted by Crippen LogP contribution is 2.42. The number of esters is 1. The molecular weight excluding hydrogens is 538 g/mol. The van der Waals surface area contributed by atoms with Crippen LogP contribution < -0.4 is 21.7 Å². The number of carbonyl (C=O) groups excluding carboxylic acids is 4. The molecule has 2 aromatic carbocycles. The van der Waals surface area contributed by atoms with Crippen molar-refractivity contribution in [1.29, 1.82) is 0 Å². The molecule has 2 saturated heterocycles. The number of benzene rings is 2. The van der Waals surface area contributed by atoms with Gasteiger partial charge in [-0.2, -0.15) is 4.31 Å². The summed E-state index contributed by atoms with van der Waals surface area (Å²) in [6.45, 7) is -0.706. The molecule has 214 valence electrons. The Kier molecular flexibility index (Phi) is 9.05. The number of nitrogens with one attached hydrogen (secondary N) is 3. The Balaban J connectivity index is 1.42. The van der Waals surface area contributed by atoms with Crippen LogP contribution in [0.4, 0.5) is 5.69 Å². The fourth-order valence-electron chi connectivity index (χ4n) is 5.31. The first-order chi connectivity index (χ1) is 19.1. The molecule has 3 fully saturated rings. The van der Waals surface area contributed by atoms with E-state index >= 15 is 0 Å². The fourth-order valence-corrected chi connectivity index (χ4v) is 7.22. The lowest BCUT2D eigenvalue weighted by Gasteiger charge is -2.49. The quantitative estimate of drug-likeness (QED) is 0.234. The molecule has 5 rings (SSSR count). The molecule has 2 aliphatic heterocycles. The summed E-state index contributed by atoms with van der Waals surface area (Å²) in [6, 6.07) is 11.6. The molecule has 2 atom stereocenters. The number of piperidine rings is 2. The topological polar surface area (TPSA) is 177 Å². The summed E-state index contributed by atoms with van der Waals surface area (Å²) in [6.07, 6.45) is 2.68. The lowest BCUT2D eigenvalue weighted by Crippen LogP contribution is -2.64. The minimum absolute atomic E-state index is 0.0948. The third kappa shape index (κ3) is 6.42. The molecule has 12 nitrogen and oxygen atoms in total. The van der Waals surface area contributed by atoms with Gasteiger partial charge in [0, 0.05) is 23.8 Å². The number of nitrogens with zero attached hydrogens (tertiary/aromatic N) is 1. The Morgan fingerprint density at radius 3 is 2.35 bits per heavy atom. The summed E-state index contributed by atoms with van der Waals surface area (Å²) in [5.74, 6) is -2.76. The molecule has 2 unspecified atom stereocenters. The van der Waals surface area contributed by atoms with Crippen LogP contribution in [0.2, 0.25) is 0 Å². The average Bonchev–Trinajstić information content (AvgIpc) is 2.97. The van der Waals surface area contributed by atoms with Crippen molar-refractivity contribution in [2.75, 3.05) is 25.9 Å². The van der Waals surface area contributed by atoms with E-state index < -0.39 is 45.8 Å². The molecule has 1 aliphatic carbocycles. The SMILES string of the molecule is COC(=O)C(CNC(=O)CNC(=O)c1cccc(N)c1)NC(=O)C1C2CCC(CC2)N1S(=O)(=O)c1ccccc1. The number of fused-ring (bicyclic) bond motifs is 3. The second-order valence-electron chi connectivity index (χ2n) is 9.86. The second-order valence-corrected chi connectivity index (χ2v) is 11.7. The normalized spacial score (nSPS) is 21.2. The van der Waals surface area contributed by atoms with Gasteiger partial charge in [0.15, 0.2) is 0 Å². The van der Waals surface area contributed by atoms with Gasteiger partial charge in [0.2, 0.25) is 21.8 Å². The van der Waals surface area contributed by atoms with Crippen molar-refractivity contribution in [2.24, 2.45) is 5.92 Å². The Hall–Kier alpha value is -3.97. The van der Waals surface area contributed by atoms with Crippen LogP contribution in [0, 0.1) is 5.92 Å². The molecule has 40 heavy (non-hydrogen) atoms. The van der Waals surface area contributed by atoms with Gasteiger partial charge in [0.25, 0.3) is 5.91 Å². The summed E-state index contributed by atoms with van der Waals surface area (Å²) < 4.78 is 33.3. The lowest BCUT2D eigenvalue weighted by atomic mass is 9.76. The lowest BCUT2D eigenvalue weighted by molar-refractivity contribution is -0.146. The number of hydrogen-bond acceptors (Lipinski definition) is 8.